The minimum absolute atomic E-state index is 0.157. The van der Waals surface area contributed by atoms with Crippen LogP contribution < -0.4 is 0 Å². The second kappa shape index (κ2) is 10.3. The highest BCUT2D eigenvalue weighted by atomic mass is 19.1. The van der Waals surface area contributed by atoms with Gasteiger partial charge in [-0.25, -0.2) is 9.18 Å². The monoisotopic (exact) mass is 475 g/mol. The molecule has 2 heterocycles. The molecule has 3 aromatic carbocycles. The number of aromatic carboxylic acids is 1. The quantitative estimate of drug-likeness (QED) is 0.331. The molecule has 35 heavy (non-hydrogen) atoms. The van der Waals surface area contributed by atoms with Crippen LogP contribution in [-0.4, -0.2) is 34.0 Å². The van der Waals surface area contributed by atoms with Crippen molar-refractivity contribution in [3.8, 4) is 22.6 Å². The van der Waals surface area contributed by atoms with Crippen LogP contribution in [0.1, 0.15) is 54.2 Å². The van der Waals surface area contributed by atoms with Crippen LogP contribution in [0.3, 0.4) is 0 Å². The van der Waals surface area contributed by atoms with Gasteiger partial charge in [0.2, 0.25) is 0 Å². The van der Waals surface area contributed by atoms with Crippen LogP contribution >= 0.6 is 0 Å². The molecule has 0 atom stereocenters. The maximum Gasteiger partial charge on any atom is 0.335 e. The van der Waals surface area contributed by atoms with Gasteiger partial charge in [-0.15, -0.1) is 0 Å². The lowest BCUT2D eigenvalue weighted by atomic mass is 9.89. The Morgan fingerprint density at radius 3 is 2.20 bits per heavy atom. The van der Waals surface area contributed by atoms with E-state index in [0.29, 0.717) is 18.6 Å². The Balaban J connectivity index is 0.00000141. The van der Waals surface area contributed by atoms with Crippen molar-refractivity contribution in [2.45, 2.75) is 39.5 Å². The number of hydrogen-bond acceptors (Lipinski definition) is 3. The Morgan fingerprint density at radius 2 is 1.60 bits per heavy atom. The van der Waals surface area contributed by atoms with Crippen molar-refractivity contribution in [1.82, 2.24) is 4.57 Å². The first-order valence-electron chi connectivity index (χ1n) is 12.0. The number of benzene rings is 3. The summed E-state index contributed by atoms with van der Waals surface area (Å²) in [5.41, 5.74) is 5.30. The molecule has 0 saturated carbocycles. The lowest BCUT2D eigenvalue weighted by molar-refractivity contribution is 0.0697. The number of aryl methyl sites for hydroxylation is 1. The van der Waals surface area contributed by atoms with Crippen LogP contribution in [0.15, 0.2) is 60.7 Å². The number of ether oxygens (including phenoxy) is 1. The Bertz CT molecular complexity index is 1330. The maximum absolute atomic E-state index is 13.7. The number of carbonyl (C=O) groups is 1. The molecule has 1 aliphatic heterocycles. The molecule has 0 spiro atoms. The van der Waals surface area contributed by atoms with Crippen LogP contribution in [-0.2, 0) is 4.74 Å². The first kappa shape index (κ1) is 24.5. The summed E-state index contributed by atoms with van der Waals surface area (Å²) in [4.78, 5) is 11.4. The van der Waals surface area contributed by atoms with Gasteiger partial charge in [0.25, 0.3) is 0 Å². The molecule has 5 rings (SSSR count). The number of carboxylic acids is 1. The normalized spacial score (nSPS) is 13.9. The van der Waals surface area contributed by atoms with Crippen molar-refractivity contribution < 1.29 is 24.1 Å². The average molecular weight is 476 g/mol. The number of hydrogen-bond donors (Lipinski definition) is 2. The standard InChI is InChI=1S/C27H24FNO4.C2H6/c1-16-2-11-22-24(26(16)30)23(17-3-5-19(6-4-17)27(31)32)25(18-12-14-33-15-13-18)29(22)21-9-7-20(28)8-10-21;1-2/h2-11,18,30H,12-15H2,1H3,(H,31,32);1-2H3. The molecule has 5 nitrogen and oxygen atoms in total. The second-order valence-electron chi connectivity index (χ2n) is 8.47. The number of carboxylic acid groups (broad SMARTS) is 1. The maximum atomic E-state index is 13.7. The highest BCUT2D eigenvalue weighted by Gasteiger charge is 2.29. The van der Waals surface area contributed by atoms with Gasteiger partial charge in [-0.3, -0.25) is 0 Å². The summed E-state index contributed by atoms with van der Waals surface area (Å²) in [6.07, 6.45) is 1.63. The lowest BCUT2D eigenvalue weighted by Gasteiger charge is -2.26. The van der Waals surface area contributed by atoms with Gasteiger partial charge in [-0.2, -0.15) is 0 Å². The second-order valence-corrected chi connectivity index (χ2v) is 8.47. The zero-order chi connectivity index (χ0) is 25.1. The predicted octanol–water partition coefficient (Wildman–Crippen LogP) is 7.07. The van der Waals surface area contributed by atoms with E-state index in [9.17, 15) is 19.4 Å². The number of phenols is 1. The van der Waals surface area contributed by atoms with Crippen LogP contribution in [0.25, 0.3) is 27.7 Å². The average Bonchev–Trinajstić information content (AvgIpc) is 3.24. The number of fused-ring (bicyclic) bond motifs is 1. The molecule has 182 valence electrons. The molecule has 4 aromatic rings. The molecule has 0 aliphatic carbocycles. The molecule has 0 radical (unpaired) electrons. The lowest BCUT2D eigenvalue weighted by Crippen LogP contribution is -2.17. The van der Waals surface area contributed by atoms with Gasteiger partial charge in [0, 0.05) is 36.1 Å². The Labute approximate surface area is 204 Å². The molecule has 1 saturated heterocycles. The molecule has 1 fully saturated rings. The van der Waals surface area contributed by atoms with Crippen molar-refractivity contribution in [2.24, 2.45) is 0 Å². The van der Waals surface area contributed by atoms with Crippen molar-refractivity contribution in [1.29, 1.82) is 0 Å². The number of aromatic nitrogens is 1. The van der Waals surface area contributed by atoms with E-state index in [1.165, 1.54) is 12.1 Å². The Kier molecular flexibility index (Phi) is 7.22. The fourth-order valence-electron chi connectivity index (χ4n) is 4.78. The van der Waals surface area contributed by atoms with Gasteiger partial charge in [0.05, 0.1) is 16.5 Å². The number of aromatic hydroxyl groups is 1. The van der Waals surface area contributed by atoms with E-state index < -0.39 is 5.97 Å². The molecule has 2 N–H and O–H groups in total. The van der Waals surface area contributed by atoms with Crippen molar-refractivity contribution in [2.75, 3.05) is 13.2 Å². The van der Waals surface area contributed by atoms with Crippen LogP contribution in [0.5, 0.6) is 5.75 Å². The van der Waals surface area contributed by atoms with E-state index in [-0.39, 0.29) is 23.0 Å². The van der Waals surface area contributed by atoms with Crippen LogP contribution in [0.2, 0.25) is 0 Å². The molecular weight excluding hydrogens is 445 g/mol. The van der Waals surface area contributed by atoms with Crippen molar-refractivity contribution in [3.05, 3.63) is 83.3 Å². The minimum Gasteiger partial charge on any atom is -0.507 e. The third-order valence-electron chi connectivity index (χ3n) is 6.46. The first-order chi connectivity index (χ1) is 17.0. The smallest absolute Gasteiger partial charge is 0.335 e. The van der Waals surface area contributed by atoms with Gasteiger partial charge in [0.15, 0.2) is 0 Å². The van der Waals surface area contributed by atoms with Crippen LogP contribution in [0.4, 0.5) is 4.39 Å². The summed E-state index contributed by atoms with van der Waals surface area (Å²) in [6.45, 7) is 7.13. The molecule has 6 heteroatoms. The van der Waals surface area contributed by atoms with Crippen molar-refractivity contribution >= 4 is 16.9 Å². The van der Waals surface area contributed by atoms with Gasteiger partial charge >= 0.3 is 5.97 Å². The Hall–Kier alpha value is -3.64. The summed E-state index contributed by atoms with van der Waals surface area (Å²) in [6, 6.07) is 17.0. The number of rotatable bonds is 4. The topological polar surface area (TPSA) is 71.7 Å². The SMILES string of the molecule is CC.Cc1ccc2c(c1O)c(-c1ccc(C(=O)O)cc1)c(C1CCOCC1)n2-c1ccc(F)cc1. The third kappa shape index (κ3) is 4.54. The highest BCUT2D eigenvalue weighted by Crippen LogP contribution is 2.47. The van der Waals surface area contributed by atoms with E-state index in [2.05, 4.69) is 4.57 Å². The van der Waals surface area contributed by atoms with E-state index >= 15 is 0 Å². The predicted molar refractivity (Wildman–Crippen MR) is 136 cm³/mol. The molecule has 0 bridgehead atoms. The van der Waals surface area contributed by atoms with Crippen molar-refractivity contribution in [3.63, 3.8) is 0 Å². The highest BCUT2D eigenvalue weighted by molar-refractivity contribution is 6.04. The molecule has 1 aromatic heterocycles. The summed E-state index contributed by atoms with van der Waals surface area (Å²) in [5, 5.41) is 21.2. The van der Waals surface area contributed by atoms with Gasteiger partial charge in [0.1, 0.15) is 11.6 Å². The molecular formula is C29H30FNO4. The van der Waals surface area contributed by atoms with Gasteiger partial charge < -0.3 is 19.5 Å². The summed E-state index contributed by atoms with van der Waals surface area (Å²) in [7, 11) is 0. The Morgan fingerprint density at radius 1 is 0.971 bits per heavy atom. The summed E-state index contributed by atoms with van der Waals surface area (Å²) >= 11 is 0. The number of phenolic OH excluding ortho intramolecular Hbond substituents is 1. The minimum atomic E-state index is -0.987. The molecule has 1 aliphatic rings. The molecule has 0 unspecified atom stereocenters. The number of halogens is 1. The fraction of sp³-hybridized carbons (Fsp3) is 0.276. The number of nitrogens with zero attached hydrogens (tertiary/aromatic N) is 1. The third-order valence-corrected chi connectivity index (χ3v) is 6.46. The van der Waals surface area contributed by atoms with Gasteiger partial charge in [-0.1, -0.05) is 32.0 Å². The van der Waals surface area contributed by atoms with E-state index in [0.717, 1.165) is 46.4 Å². The fourth-order valence-corrected chi connectivity index (χ4v) is 4.78. The first-order valence-corrected chi connectivity index (χ1v) is 12.0. The van der Waals surface area contributed by atoms with E-state index in [1.54, 1.807) is 36.4 Å². The van der Waals surface area contributed by atoms with Crippen LogP contribution in [0, 0.1) is 12.7 Å². The zero-order valence-electron chi connectivity index (χ0n) is 20.2. The largest absolute Gasteiger partial charge is 0.507 e. The van der Waals surface area contributed by atoms with Gasteiger partial charge in [-0.05, 0) is 73.4 Å². The van der Waals surface area contributed by atoms with E-state index in [1.807, 2.05) is 32.9 Å². The van der Waals surface area contributed by atoms with E-state index in [4.69, 9.17) is 4.74 Å². The summed E-state index contributed by atoms with van der Waals surface area (Å²) in [5.74, 6) is -0.950. The molecule has 0 amide bonds. The summed E-state index contributed by atoms with van der Waals surface area (Å²) < 4.78 is 21.5. The zero-order valence-corrected chi connectivity index (χ0v) is 20.2.